The smallest absolute Gasteiger partial charge is 0.354 e. The summed E-state index contributed by atoms with van der Waals surface area (Å²) in [4.78, 5) is 14.1. The van der Waals surface area contributed by atoms with Gasteiger partial charge in [-0.25, -0.2) is 4.79 Å². The van der Waals surface area contributed by atoms with Crippen molar-refractivity contribution in [2.75, 3.05) is 13.7 Å². The van der Waals surface area contributed by atoms with E-state index in [-0.39, 0.29) is 6.61 Å². The Morgan fingerprint density at radius 1 is 1.00 bits per heavy atom. The molecule has 6 rings (SSSR count). The molecule has 0 atom stereocenters. The first-order chi connectivity index (χ1) is 23.7. The van der Waals surface area contributed by atoms with Crippen LogP contribution in [0.5, 0.6) is 5.75 Å². The largest absolute Gasteiger partial charge is 0.507 e. The fraction of sp³-hybridized carbons (Fsp3) is 0.324. The van der Waals surface area contributed by atoms with Crippen molar-refractivity contribution in [1.29, 1.82) is 0 Å². The number of benzene rings is 3. The number of hydrogen-bond donors (Lipinski definition) is 2. The van der Waals surface area contributed by atoms with Gasteiger partial charge < -0.3 is 19.5 Å². The maximum absolute atomic E-state index is 13.1. The number of aromatic hydroxyl groups is 1. The Kier molecular flexibility index (Phi) is 10.6. The molecule has 0 saturated carbocycles. The number of ether oxygens (including phenoxy) is 1. The van der Waals surface area contributed by atoms with E-state index in [1.54, 1.807) is 23.5 Å². The van der Waals surface area contributed by atoms with Crippen LogP contribution in [-0.4, -0.2) is 54.0 Å². The molecule has 9 nitrogen and oxygen atoms in total. The highest BCUT2D eigenvalue weighted by Crippen LogP contribution is 2.43. The van der Waals surface area contributed by atoms with Crippen molar-refractivity contribution in [3.63, 3.8) is 0 Å². The number of rotatable bonds is 13. The minimum absolute atomic E-state index is 0.0108. The molecule has 0 saturated heterocycles. The van der Waals surface area contributed by atoms with Gasteiger partial charge >= 0.3 is 5.97 Å². The Labute approximate surface area is 299 Å². The van der Waals surface area contributed by atoms with E-state index in [9.17, 15) is 15.0 Å². The van der Waals surface area contributed by atoms with E-state index in [2.05, 4.69) is 12.1 Å². The van der Waals surface area contributed by atoms with E-state index in [1.165, 1.54) is 7.11 Å². The van der Waals surface area contributed by atoms with Crippen LogP contribution in [0.25, 0.3) is 32.8 Å². The van der Waals surface area contributed by atoms with Gasteiger partial charge in [-0.2, -0.15) is 10.2 Å². The average Bonchev–Trinajstić information content (AvgIpc) is 3.71. The molecule has 0 fully saturated rings. The highest BCUT2D eigenvalue weighted by Gasteiger charge is 2.28. The van der Waals surface area contributed by atoms with Gasteiger partial charge in [-0.05, 0) is 61.0 Å². The maximum Gasteiger partial charge on any atom is 0.354 e. The lowest BCUT2D eigenvalue weighted by molar-refractivity contribution is 0.0587. The van der Waals surface area contributed by atoms with E-state index < -0.39 is 5.97 Å². The van der Waals surface area contributed by atoms with Crippen molar-refractivity contribution >= 4 is 62.8 Å². The highest BCUT2D eigenvalue weighted by molar-refractivity contribution is 7.98. The summed E-state index contributed by atoms with van der Waals surface area (Å²) in [7, 11) is 5.29. The molecule has 12 heteroatoms. The van der Waals surface area contributed by atoms with E-state index in [1.807, 2.05) is 84.3 Å². The minimum atomic E-state index is -0.407. The Morgan fingerprint density at radius 2 is 1.80 bits per heavy atom. The van der Waals surface area contributed by atoms with Crippen LogP contribution in [0.2, 0.25) is 5.02 Å². The predicted molar refractivity (Wildman–Crippen MR) is 200 cm³/mol. The monoisotopic (exact) mass is 717 g/mol. The third-order valence-electron chi connectivity index (χ3n) is 8.93. The first-order valence-corrected chi connectivity index (χ1v) is 18.7. The number of phenolic OH excluding ortho intramolecular Hbond substituents is 1. The van der Waals surface area contributed by atoms with Gasteiger partial charge in [-0.1, -0.05) is 42.8 Å². The summed E-state index contributed by atoms with van der Waals surface area (Å²) in [6.45, 7) is 4.55. The van der Waals surface area contributed by atoms with Crippen LogP contribution < -0.4 is 0 Å². The fourth-order valence-electron chi connectivity index (χ4n) is 6.51. The number of aromatic nitrogens is 5. The zero-order chi connectivity index (χ0) is 34.8. The molecule has 0 bridgehead atoms. The molecular weight excluding hydrogens is 678 g/mol. The molecule has 0 aliphatic heterocycles. The summed E-state index contributed by atoms with van der Waals surface area (Å²) in [6.07, 6.45) is 1.11. The number of aliphatic hydroxyl groups is 1. The van der Waals surface area contributed by atoms with E-state index in [0.717, 1.165) is 71.8 Å². The number of nitrogens with zero attached hydrogens (tertiary/aromatic N) is 5. The molecule has 0 aliphatic rings. The van der Waals surface area contributed by atoms with Crippen LogP contribution in [0.3, 0.4) is 0 Å². The van der Waals surface area contributed by atoms with Crippen LogP contribution in [0.4, 0.5) is 0 Å². The molecular formula is C37H40ClN5O4S2. The lowest BCUT2D eigenvalue weighted by atomic mass is 9.96. The van der Waals surface area contributed by atoms with Crippen LogP contribution in [-0.2, 0) is 49.1 Å². The second kappa shape index (κ2) is 14.9. The van der Waals surface area contributed by atoms with Gasteiger partial charge in [-0.15, -0.1) is 23.5 Å². The topological polar surface area (TPSA) is 107 Å². The molecule has 3 heterocycles. The molecule has 49 heavy (non-hydrogen) atoms. The third kappa shape index (κ3) is 6.81. The number of carbonyl (C=O) groups is 1. The molecule has 6 aromatic rings. The first kappa shape index (κ1) is 34.9. The average molecular weight is 718 g/mol. The number of thioether (sulfide) groups is 2. The second-order valence-corrected chi connectivity index (χ2v) is 14.4. The van der Waals surface area contributed by atoms with Gasteiger partial charge in [0.1, 0.15) is 11.4 Å². The van der Waals surface area contributed by atoms with Crippen LogP contribution in [0, 0.1) is 6.92 Å². The van der Waals surface area contributed by atoms with Crippen molar-refractivity contribution in [2.24, 2.45) is 14.1 Å². The molecule has 0 amide bonds. The molecule has 3 aromatic heterocycles. The zero-order valence-corrected chi connectivity index (χ0v) is 30.7. The van der Waals surface area contributed by atoms with E-state index in [4.69, 9.17) is 26.5 Å². The molecule has 2 N–H and O–H groups in total. The summed E-state index contributed by atoms with van der Waals surface area (Å²) < 4.78 is 11.0. The number of carbonyl (C=O) groups excluding carboxylic acids is 1. The van der Waals surface area contributed by atoms with Crippen molar-refractivity contribution < 1.29 is 19.7 Å². The highest BCUT2D eigenvalue weighted by atomic mass is 35.5. The third-order valence-corrected chi connectivity index (χ3v) is 11.2. The van der Waals surface area contributed by atoms with Crippen LogP contribution in [0.1, 0.15) is 52.2 Å². The Bertz CT molecular complexity index is 2170. The van der Waals surface area contributed by atoms with Crippen molar-refractivity contribution in [3.05, 3.63) is 93.7 Å². The molecule has 0 aliphatic carbocycles. The molecule has 0 radical (unpaired) electrons. The summed E-state index contributed by atoms with van der Waals surface area (Å²) >= 11 is 10.4. The SMILES string of the molecule is CCc1c(C(=O)OC)n(CCCO)c2ccc(Cl)c(-c3c(CSCc4cc(CSc5cc(O)c6ccccc6c5)n(C)n4)nn(C)c3C)c12. The van der Waals surface area contributed by atoms with Gasteiger partial charge in [0.05, 0.1) is 18.5 Å². The molecule has 0 unspecified atom stereocenters. The van der Waals surface area contributed by atoms with E-state index >= 15 is 0 Å². The number of esters is 1. The Morgan fingerprint density at radius 3 is 2.55 bits per heavy atom. The van der Waals surface area contributed by atoms with Gasteiger partial charge in [0.25, 0.3) is 0 Å². The summed E-state index contributed by atoms with van der Waals surface area (Å²) in [5, 5.41) is 33.2. The van der Waals surface area contributed by atoms with Crippen molar-refractivity contribution in [3.8, 4) is 16.9 Å². The lowest BCUT2D eigenvalue weighted by Gasteiger charge is -2.11. The number of phenols is 1. The standard InChI is InChI=1S/C37H40ClN5O4S2/c1-6-27-34-31(43(14-9-15-44)36(27)37(46)47-5)13-12-29(38)35(34)33-22(2)41(3)40-30(33)21-48-19-24-17-25(42(4)39-24)20-49-26-16-23-10-7-8-11-28(23)32(45)18-26/h7-8,10-13,16-18,44-45H,6,9,14-15,19-21H2,1-5H3. The lowest BCUT2D eigenvalue weighted by Crippen LogP contribution is -2.13. The zero-order valence-electron chi connectivity index (χ0n) is 28.3. The molecule has 256 valence electrons. The number of aliphatic hydroxyl groups excluding tert-OH is 1. The van der Waals surface area contributed by atoms with Crippen molar-refractivity contribution in [2.45, 2.75) is 55.4 Å². The van der Waals surface area contributed by atoms with Gasteiger partial charge in [0.2, 0.25) is 0 Å². The summed E-state index contributed by atoms with van der Waals surface area (Å²) in [5.41, 5.74) is 8.04. The quantitative estimate of drug-likeness (QED) is 0.0913. The van der Waals surface area contributed by atoms with Crippen LogP contribution in [0.15, 0.2) is 59.5 Å². The number of aryl methyl sites for hydroxylation is 4. The number of hydrogen-bond acceptors (Lipinski definition) is 8. The molecule has 3 aromatic carbocycles. The Hall–Kier alpha value is -3.90. The number of halogens is 1. The molecule has 0 spiro atoms. The van der Waals surface area contributed by atoms with E-state index in [0.29, 0.717) is 47.4 Å². The minimum Gasteiger partial charge on any atom is -0.507 e. The first-order valence-electron chi connectivity index (χ1n) is 16.2. The van der Waals surface area contributed by atoms with Gasteiger partial charge in [-0.3, -0.25) is 9.36 Å². The van der Waals surface area contributed by atoms with Gasteiger partial charge in [0.15, 0.2) is 0 Å². The Balaban J connectivity index is 1.26. The number of methoxy groups -OCH3 is 1. The fourth-order valence-corrected chi connectivity index (χ4v) is 8.60. The summed E-state index contributed by atoms with van der Waals surface area (Å²) in [5.74, 6) is 1.95. The van der Waals surface area contributed by atoms with Crippen molar-refractivity contribution in [1.82, 2.24) is 24.1 Å². The van der Waals surface area contributed by atoms with Crippen LogP contribution >= 0.6 is 35.1 Å². The maximum atomic E-state index is 13.1. The second-order valence-electron chi connectivity index (χ2n) is 11.9. The van der Waals surface area contributed by atoms with Gasteiger partial charge in [0, 0.05) is 93.2 Å². The summed E-state index contributed by atoms with van der Waals surface area (Å²) in [6, 6.07) is 17.7. The predicted octanol–water partition coefficient (Wildman–Crippen LogP) is 8.05. The number of fused-ring (bicyclic) bond motifs is 2. The normalized spacial score (nSPS) is 11.7.